The average molecular weight is 826 g/mol. The van der Waals surface area contributed by atoms with Gasteiger partial charge in [-0.15, -0.1) is 0 Å². The van der Waals surface area contributed by atoms with E-state index in [1.165, 1.54) is 103 Å². The van der Waals surface area contributed by atoms with Gasteiger partial charge in [0.2, 0.25) is 0 Å². The van der Waals surface area contributed by atoms with Crippen LogP contribution in [0, 0.1) is 0 Å². The first kappa shape index (κ1) is 54.9. The molecular weight excluding hydrogens is 741 g/mol. The fraction of sp³-hybridized carbons (Fsp3) is 0.783. The molecular formula is C46H84NO9P. The molecule has 10 nitrogen and oxygen atoms in total. The third-order valence-corrected chi connectivity index (χ3v) is 10.5. The second-order valence-electron chi connectivity index (χ2n) is 15.1. The summed E-state index contributed by atoms with van der Waals surface area (Å²) in [6.45, 7) is 3.76. The number of phosphoric acid groups is 1. The summed E-state index contributed by atoms with van der Waals surface area (Å²) in [4.78, 5) is 33.6. The van der Waals surface area contributed by atoms with E-state index in [9.17, 15) is 19.0 Å². The summed E-state index contributed by atoms with van der Waals surface area (Å²) in [5, 5.41) is 8.90. The van der Waals surface area contributed by atoms with Gasteiger partial charge in [0.25, 0.3) is 0 Å². The second-order valence-corrected chi connectivity index (χ2v) is 16.6. The number of phosphoric ester groups is 1. The zero-order valence-corrected chi connectivity index (χ0v) is 37.1. The van der Waals surface area contributed by atoms with Crippen molar-refractivity contribution in [3.8, 4) is 0 Å². The first-order valence-corrected chi connectivity index (χ1v) is 24.2. The summed E-state index contributed by atoms with van der Waals surface area (Å²) in [5.41, 5.74) is 5.36. The lowest BCUT2D eigenvalue weighted by Crippen LogP contribution is -2.34. The Balaban J connectivity index is 4.23. The molecule has 0 rings (SSSR count). The number of aliphatic carboxylic acids is 1. The van der Waals surface area contributed by atoms with Crippen molar-refractivity contribution in [3.63, 3.8) is 0 Å². The van der Waals surface area contributed by atoms with Crippen LogP contribution in [0.15, 0.2) is 48.6 Å². The number of carboxylic acids is 1. The zero-order chi connectivity index (χ0) is 41.9. The van der Waals surface area contributed by atoms with Gasteiger partial charge in [-0.1, -0.05) is 165 Å². The number of nitrogens with two attached hydrogens (primary N) is 1. The van der Waals surface area contributed by atoms with Gasteiger partial charge in [0.1, 0.15) is 12.1 Å². The standard InChI is InChI=1S/C46H84NO9P/c1-3-5-7-9-11-13-15-17-19-21-23-25-27-29-31-33-35-37-39-53-40-43(41-54-57(51,52)55-42-44(47)46(49)50)56-45(48)38-36-34-32-30-28-26-24-22-20-18-16-14-12-10-8-6-4-2/h6,8,12,14,17-20,43-44H,3-5,7,9-11,13,15-16,21-42,47H2,1-2H3,(H,49,50)(H,51,52)/b8-6-,14-12-,19-17-,20-18-. The smallest absolute Gasteiger partial charge is 0.472 e. The van der Waals surface area contributed by atoms with Gasteiger partial charge in [0.15, 0.2) is 0 Å². The number of hydrogen-bond donors (Lipinski definition) is 3. The molecule has 0 saturated heterocycles. The van der Waals surface area contributed by atoms with Crippen molar-refractivity contribution in [3.05, 3.63) is 48.6 Å². The Kier molecular flexibility index (Phi) is 40.5. The second kappa shape index (κ2) is 42.1. The molecule has 0 bridgehead atoms. The van der Waals surface area contributed by atoms with Crippen LogP contribution in [0.2, 0.25) is 0 Å². The molecule has 332 valence electrons. The summed E-state index contributed by atoms with van der Waals surface area (Å²) < 4.78 is 33.4. The van der Waals surface area contributed by atoms with Gasteiger partial charge >= 0.3 is 19.8 Å². The molecule has 0 spiro atoms. The van der Waals surface area contributed by atoms with E-state index < -0.39 is 45.1 Å². The van der Waals surface area contributed by atoms with E-state index in [0.29, 0.717) is 13.0 Å². The van der Waals surface area contributed by atoms with Crippen LogP contribution in [0.1, 0.15) is 194 Å². The van der Waals surface area contributed by atoms with Crippen LogP contribution < -0.4 is 5.73 Å². The molecule has 0 amide bonds. The summed E-state index contributed by atoms with van der Waals surface area (Å²) in [7, 11) is -4.62. The molecule has 0 aliphatic rings. The van der Waals surface area contributed by atoms with Crippen LogP contribution in [-0.4, -0.2) is 60.5 Å². The monoisotopic (exact) mass is 826 g/mol. The van der Waals surface area contributed by atoms with E-state index in [0.717, 1.165) is 64.2 Å². The molecule has 0 heterocycles. The number of carbonyl (C=O) groups excluding carboxylic acids is 1. The van der Waals surface area contributed by atoms with Gasteiger partial charge in [-0.25, -0.2) is 4.57 Å². The highest BCUT2D eigenvalue weighted by atomic mass is 31.2. The van der Waals surface area contributed by atoms with E-state index >= 15 is 0 Å². The molecule has 0 aliphatic carbocycles. The fourth-order valence-corrected chi connectivity index (χ4v) is 6.86. The highest BCUT2D eigenvalue weighted by molar-refractivity contribution is 7.47. The molecule has 11 heteroatoms. The molecule has 0 aromatic rings. The Morgan fingerprint density at radius 3 is 1.54 bits per heavy atom. The van der Waals surface area contributed by atoms with Gasteiger partial charge in [-0.3, -0.25) is 18.6 Å². The van der Waals surface area contributed by atoms with Crippen molar-refractivity contribution in [1.82, 2.24) is 0 Å². The molecule has 3 atom stereocenters. The van der Waals surface area contributed by atoms with Crippen LogP contribution in [-0.2, 0) is 32.7 Å². The van der Waals surface area contributed by atoms with Crippen LogP contribution in [0.5, 0.6) is 0 Å². The molecule has 0 fully saturated rings. The normalized spacial score (nSPS) is 14.3. The SMILES string of the molecule is CC/C=C\C/C=C\C/C=C\CCCCCCCCCC(=O)OC(COCCCCCCCCCC/C=C\CCCCCCCC)COP(=O)(O)OCC(N)C(=O)O. The quantitative estimate of drug-likeness (QED) is 0.0234. The molecule has 0 radical (unpaired) electrons. The molecule has 0 aromatic heterocycles. The van der Waals surface area contributed by atoms with E-state index in [1.807, 2.05) is 0 Å². The number of carbonyl (C=O) groups is 2. The molecule has 0 aromatic carbocycles. The number of carboxylic acid groups (broad SMARTS) is 1. The average Bonchev–Trinajstić information content (AvgIpc) is 3.19. The van der Waals surface area contributed by atoms with Crippen LogP contribution in [0.3, 0.4) is 0 Å². The lowest BCUT2D eigenvalue weighted by molar-refractivity contribution is -0.154. The van der Waals surface area contributed by atoms with E-state index in [2.05, 4.69) is 62.5 Å². The molecule has 0 saturated carbocycles. The summed E-state index contributed by atoms with van der Waals surface area (Å²) >= 11 is 0. The Labute approximate surface area is 348 Å². The van der Waals surface area contributed by atoms with Crippen molar-refractivity contribution < 1.29 is 42.7 Å². The number of rotatable bonds is 43. The summed E-state index contributed by atoms with van der Waals surface area (Å²) in [6.07, 6.45) is 48.7. The largest absolute Gasteiger partial charge is 0.480 e. The minimum Gasteiger partial charge on any atom is -0.480 e. The van der Waals surface area contributed by atoms with Crippen molar-refractivity contribution in [2.45, 2.75) is 206 Å². The maximum atomic E-state index is 12.6. The Hall–Kier alpha value is -2.07. The Morgan fingerprint density at radius 2 is 1.02 bits per heavy atom. The van der Waals surface area contributed by atoms with Crippen LogP contribution in [0.4, 0.5) is 0 Å². The van der Waals surface area contributed by atoms with Crippen LogP contribution >= 0.6 is 7.82 Å². The minimum absolute atomic E-state index is 0.0102. The highest BCUT2D eigenvalue weighted by Gasteiger charge is 2.27. The van der Waals surface area contributed by atoms with Crippen molar-refractivity contribution >= 4 is 19.8 Å². The number of unbranched alkanes of at least 4 members (excludes halogenated alkanes) is 21. The van der Waals surface area contributed by atoms with Gasteiger partial charge in [0, 0.05) is 13.0 Å². The van der Waals surface area contributed by atoms with Crippen molar-refractivity contribution in [2.75, 3.05) is 26.4 Å². The predicted molar refractivity (Wildman–Crippen MR) is 235 cm³/mol. The number of esters is 1. The number of allylic oxidation sites excluding steroid dienone is 8. The predicted octanol–water partition coefficient (Wildman–Crippen LogP) is 12.6. The van der Waals surface area contributed by atoms with E-state index in [-0.39, 0.29) is 13.0 Å². The van der Waals surface area contributed by atoms with Gasteiger partial charge in [-0.2, -0.15) is 0 Å². The highest BCUT2D eigenvalue weighted by Crippen LogP contribution is 2.43. The number of ether oxygens (including phenoxy) is 2. The molecule has 3 unspecified atom stereocenters. The molecule has 0 aliphatic heterocycles. The van der Waals surface area contributed by atoms with Gasteiger partial charge in [0.05, 0.1) is 19.8 Å². The lowest BCUT2D eigenvalue weighted by Gasteiger charge is -2.20. The third kappa shape index (κ3) is 41.9. The Bertz CT molecular complexity index is 1090. The minimum atomic E-state index is -4.62. The van der Waals surface area contributed by atoms with Gasteiger partial charge < -0.3 is 25.2 Å². The zero-order valence-electron chi connectivity index (χ0n) is 36.2. The first-order valence-electron chi connectivity index (χ1n) is 22.7. The number of hydrogen-bond acceptors (Lipinski definition) is 8. The maximum Gasteiger partial charge on any atom is 0.472 e. The topological polar surface area (TPSA) is 155 Å². The van der Waals surface area contributed by atoms with Gasteiger partial charge in [-0.05, 0) is 70.6 Å². The van der Waals surface area contributed by atoms with E-state index in [4.69, 9.17) is 29.4 Å². The van der Waals surface area contributed by atoms with Crippen molar-refractivity contribution in [1.29, 1.82) is 0 Å². The maximum absolute atomic E-state index is 12.6. The molecule has 57 heavy (non-hydrogen) atoms. The van der Waals surface area contributed by atoms with E-state index in [1.54, 1.807) is 0 Å². The lowest BCUT2D eigenvalue weighted by atomic mass is 10.1. The summed E-state index contributed by atoms with van der Waals surface area (Å²) in [5.74, 6) is -1.79. The van der Waals surface area contributed by atoms with Crippen molar-refractivity contribution in [2.24, 2.45) is 5.73 Å². The Morgan fingerprint density at radius 1 is 0.579 bits per heavy atom. The fourth-order valence-electron chi connectivity index (χ4n) is 6.08. The summed E-state index contributed by atoms with van der Waals surface area (Å²) in [6, 6.07) is -1.48. The molecule has 4 N–H and O–H groups in total. The van der Waals surface area contributed by atoms with Crippen LogP contribution in [0.25, 0.3) is 0 Å². The first-order chi connectivity index (χ1) is 27.7. The third-order valence-electron chi connectivity index (χ3n) is 9.59.